The van der Waals surface area contributed by atoms with E-state index in [4.69, 9.17) is 5.73 Å². The summed E-state index contributed by atoms with van der Waals surface area (Å²) < 4.78 is 0. The second-order valence-electron chi connectivity index (χ2n) is 6.85. The lowest BCUT2D eigenvalue weighted by Crippen LogP contribution is -2.36. The lowest BCUT2D eigenvalue weighted by Gasteiger charge is -2.22. The molecule has 0 bridgehead atoms. The van der Waals surface area contributed by atoms with Crippen LogP contribution >= 0.6 is 0 Å². The topological polar surface area (TPSA) is 84.2 Å². The van der Waals surface area contributed by atoms with E-state index in [1.54, 1.807) is 36.4 Å². The Bertz CT molecular complexity index is 748. The van der Waals surface area contributed by atoms with Crippen LogP contribution in [0.5, 0.6) is 0 Å². The van der Waals surface area contributed by atoms with Gasteiger partial charge >= 0.3 is 0 Å². The summed E-state index contributed by atoms with van der Waals surface area (Å²) in [5, 5.41) is 5.95. The van der Waals surface area contributed by atoms with Crippen LogP contribution in [0.25, 0.3) is 0 Å². The van der Waals surface area contributed by atoms with Gasteiger partial charge in [0.05, 0.1) is 6.42 Å². The number of hydrogen-bond acceptors (Lipinski definition) is 3. The molecule has 5 nitrogen and oxygen atoms in total. The highest BCUT2D eigenvalue weighted by molar-refractivity contribution is 5.96. The van der Waals surface area contributed by atoms with Crippen molar-refractivity contribution in [3.63, 3.8) is 0 Å². The van der Waals surface area contributed by atoms with Crippen molar-refractivity contribution in [2.75, 3.05) is 11.1 Å². The van der Waals surface area contributed by atoms with Crippen LogP contribution in [0.1, 0.15) is 48.0 Å². The molecule has 1 aliphatic rings. The van der Waals surface area contributed by atoms with E-state index in [1.807, 2.05) is 12.1 Å². The SMILES string of the molecule is Nc1ccc(CC(=O)Nc2ccc(C(=O)NC3CCCCC3)cc2)cc1. The van der Waals surface area contributed by atoms with E-state index in [0.29, 0.717) is 16.9 Å². The standard InChI is InChI=1S/C21H25N3O2/c22-17-10-6-15(7-11-17)14-20(25)23-19-12-8-16(9-13-19)21(26)24-18-4-2-1-3-5-18/h6-13,18H,1-5,14,22H2,(H,23,25)(H,24,26). The molecule has 0 saturated heterocycles. The van der Waals surface area contributed by atoms with Crippen molar-refractivity contribution >= 4 is 23.2 Å². The van der Waals surface area contributed by atoms with Gasteiger partial charge in [0.15, 0.2) is 0 Å². The summed E-state index contributed by atoms with van der Waals surface area (Å²) in [6.45, 7) is 0. The summed E-state index contributed by atoms with van der Waals surface area (Å²) in [4.78, 5) is 24.4. The number of hydrogen-bond donors (Lipinski definition) is 3. The zero-order valence-corrected chi connectivity index (χ0v) is 14.8. The molecule has 1 aliphatic carbocycles. The van der Waals surface area contributed by atoms with Gasteiger partial charge < -0.3 is 16.4 Å². The molecule has 3 rings (SSSR count). The summed E-state index contributed by atoms with van der Waals surface area (Å²) in [5.41, 5.74) is 8.52. The Kier molecular flexibility index (Phi) is 5.89. The van der Waals surface area contributed by atoms with Crippen LogP contribution in [0.4, 0.5) is 11.4 Å². The molecule has 2 aromatic carbocycles. The van der Waals surface area contributed by atoms with Gasteiger partial charge in [0.1, 0.15) is 0 Å². The number of carbonyl (C=O) groups excluding carboxylic acids is 2. The average Bonchev–Trinajstić information content (AvgIpc) is 2.65. The van der Waals surface area contributed by atoms with E-state index in [-0.39, 0.29) is 24.3 Å². The van der Waals surface area contributed by atoms with Crippen LogP contribution < -0.4 is 16.4 Å². The number of amides is 2. The van der Waals surface area contributed by atoms with Gasteiger partial charge in [0, 0.05) is 23.0 Å². The monoisotopic (exact) mass is 351 g/mol. The third-order valence-electron chi connectivity index (χ3n) is 4.72. The Morgan fingerprint density at radius 3 is 2.23 bits per heavy atom. The first-order valence-electron chi connectivity index (χ1n) is 9.15. The first kappa shape index (κ1) is 18.0. The van der Waals surface area contributed by atoms with Crippen molar-refractivity contribution in [2.24, 2.45) is 0 Å². The summed E-state index contributed by atoms with van der Waals surface area (Å²) in [6.07, 6.45) is 6.03. The number of carbonyl (C=O) groups is 2. The summed E-state index contributed by atoms with van der Waals surface area (Å²) in [5.74, 6) is -0.147. The molecule has 2 aromatic rings. The molecule has 4 N–H and O–H groups in total. The molecule has 0 aliphatic heterocycles. The summed E-state index contributed by atoms with van der Waals surface area (Å²) in [6, 6.07) is 14.5. The molecule has 26 heavy (non-hydrogen) atoms. The fourth-order valence-corrected chi connectivity index (χ4v) is 3.25. The molecule has 0 atom stereocenters. The van der Waals surface area contributed by atoms with Crippen LogP contribution in [-0.2, 0) is 11.2 Å². The molecule has 0 unspecified atom stereocenters. The normalized spacial score (nSPS) is 14.6. The highest BCUT2D eigenvalue weighted by Gasteiger charge is 2.16. The quantitative estimate of drug-likeness (QED) is 0.721. The second kappa shape index (κ2) is 8.52. The fraction of sp³-hybridized carbons (Fsp3) is 0.333. The maximum atomic E-state index is 12.3. The molecule has 0 radical (unpaired) electrons. The van der Waals surface area contributed by atoms with Crippen LogP contribution in [0.2, 0.25) is 0 Å². The maximum absolute atomic E-state index is 12.3. The number of benzene rings is 2. The molecule has 0 heterocycles. The van der Waals surface area contributed by atoms with Crippen LogP contribution in [-0.4, -0.2) is 17.9 Å². The van der Waals surface area contributed by atoms with E-state index in [0.717, 1.165) is 18.4 Å². The van der Waals surface area contributed by atoms with E-state index < -0.39 is 0 Å². The van der Waals surface area contributed by atoms with Crippen molar-refractivity contribution in [2.45, 2.75) is 44.6 Å². The van der Waals surface area contributed by atoms with Crippen LogP contribution in [0, 0.1) is 0 Å². The van der Waals surface area contributed by atoms with E-state index in [1.165, 1.54) is 19.3 Å². The van der Waals surface area contributed by atoms with Gasteiger partial charge in [-0.05, 0) is 54.8 Å². The molecule has 136 valence electrons. The lowest BCUT2D eigenvalue weighted by atomic mass is 9.95. The Morgan fingerprint density at radius 2 is 1.58 bits per heavy atom. The number of rotatable bonds is 5. The van der Waals surface area contributed by atoms with Crippen molar-refractivity contribution in [1.82, 2.24) is 5.32 Å². The van der Waals surface area contributed by atoms with Gasteiger partial charge in [-0.25, -0.2) is 0 Å². The van der Waals surface area contributed by atoms with Crippen molar-refractivity contribution in [1.29, 1.82) is 0 Å². The highest BCUT2D eigenvalue weighted by Crippen LogP contribution is 2.18. The third kappa shape index (κ3) is 5.09. The highest BCUT2D eigenvalue weighted by atomic mass is 16.2. The molecular weight excluding hydrogens is 326 g/mol. The summed E-state index contributed by atoms with van der Waals surface area (Å²) in [7, 11) is 0. The predicted octanol–water partition coefficient (Wildman–Crippen LogP) is 3.51. The van der Waals surface area contributed by atoms with E-state index in [2.05, 4.69) is 10.6 Å². The van der Waals surface area contributed by atoms with Crippen molar-refractivity contribution in [3.05, 3.63) is 59.7 Å². The average molecular weight is 351 g/mol. The van der Waals surface area contributed by atoms with Gasteiger partial charge in [-0.15, -0.1) is 0 Å². The molecule has 5 heteroatoms. The van der Waals surface area contributed by atoms with Gasteiger partial charge in [0.2, 0.25) is 5.91 Å². The van der Waals surface area contributed by atoms with E-state index in [9.17, 15) is 9.59 Å². The van der Waals surface area contributed by atoms with Crippen LogP contribution in [0.3, 0.4) is 0 Å². The van der Waals surface area contributed by atoms with Gasteiger partial charge in [-0.3, -0.25) is 9.59 Å². The first-order chi connectivity index (χ1) is 12.6. The molecule has 1 saturated carbocycles. The van der Waals surface area contributed by atoms with Crippen LogP contribution in [0.15, 0.2) is 48.5 Å². The zero-order chi connectivity index (χ0) is 18.4. The molecule has 0 aromatic heterocycles. The molecule has 0 spiro atoms. The minimum Gasteiger partial charge on any atom is -0.399 e. The third-order valence-corrected chi connectivity index (χ3v) is 4.72. The van der Waals surface area contributed by atoms with Gasteiger partial charge in [-0.2, -0.15) is 0 Å². The number of nitrogens with one attached hydrogen (secondary N) is 2. The number of anilines is 2. The number of nitrogens with two attached hydrogens (primary N) is 1. The van der Waals surface area contributed by atoms with Gasteiger partial charge in [0.25, 0.3) is 5.91 Å². The first-order valence-corrected chi connectivity index (χ1v) is 9.15. The molecule has 2 amide bonds. The Morgan fingerprint density at radius 1 is 0.923 bits per heavy atom. The second-order valence-corrected chi connectivity index (χ2v) is 6.85. The minimum atomic E-state index is -0.103. The fourth-order valence-electron chi connectivity index (χ4n) is 3.25. The Balaban J connectivity index is 1.52. The minimum absolute atomic E-state index is 0.0448. The van der Waals surface area contributed by atoms with E-state index >= 15 is 0 Å². The largest absolute Gasteiger partial charge is 0.399 e. The van der Waals surface area contributed by atoms with Gasteiger partial charge in [-0.1, -0.05) is 31.4 Å². The lowest BCUT2D eigenvalue weighted by molar-refractivity contribution is -0.115. The van der Waals surface area contributed by atoms with Crippen molar-refractivity contribution in [3.8, 4) is 0 Å². The Hall–Kier alpha value is -2.82. The zero-order valence-electron chi connectivity index (χ0n) is 14.8. The molecular formula is C21H25N3O2. The maximum Gasteiger partial charge on any atom is 0.251 e. The smallest absolute Gasteiger partial charge is 0.251 e. The Labute approximate surface area is 154 Å². The summed E-state index contributed by atoms with van der Waals surface area (Å²) >= 11 is 0. The number of nitrogen functional groups attached to an aromatic ring is 1. The molecule has 1 fully saturated rings. The predicted molar refractivity (Wildman–Crippen MR) is 104 cm³/mol. The van der Waals surface area contributed by atoms with Crippen molar-refractivity contribution < 1.29 is 9.59 Å².